The van der Waals surface area contributed by atoms with Gasteiger partial charge in [0.1, 0.15) is 0 Å². The van der Waals surface area contributed by atoms with E-state index in [4.69, 9.17) is 11.6 Å². The fraction of sp³-hybridized carbons (Fsp3) is 0.500. The second-order valence-electron chi connectivity index (χ2n) is 4.79. The van der Waals surface area contributed by atoms with E-state index in [-0.39, 0.29) is 0 Å². The van der Waals surface area contributed by atoms with Crippen molar-refractivity contribution in [1.29, 1.82) is 0 Å². The van der Waals surface area contributed by atoms with E-state index in [0.29, 0.717) is 6.04 Å². The molecule has 1 atom stereocenters. The van der Waals surface area contributed by atoms with Crippen LogP contribution in [0.4, 0.5) is 0 Å². The zero-order chi connectivity index (χ0) is 13.0. The van der Waals surface area contributed by atoms with Crippen LogP contribution in [0.2, 0.25) is 0 Å². The lowest BCUT2D eigenvalue weighted by Gasteiger charge is -2.38. The van der Waals surface area contributed by atoms with Gasteiger partial charge in [0, 0.05) is 56.2 Å². The van der Waals surface area contributed by atoms with E-state index >= 15 is 0 Å². The van der Waals surface area contributed by atoms with Crippen LogP contribution in [0.15, 0.2) is 36.1 Å². The van der Waals surface area contributed by atoms with Crippen LogP contribution in [0.5, 0.6) is 0 Å². The summed E-state index contributed by atoms with van der Waals surface area (Å²) in [7, 11) is 0. The van der Waals surface area contributed by atoms with Crippen molar-refractivity contribution < 1.29 is 0 Å². The number of piperazine rings is 1. The molecule has 3 nitrogen and oxygen atoms in total. The lowest BCUT2D eigenvalue weighted by atomic mass is 10.1. The van der Waals surface area contributed by atoms with Crippen LogP contribution < -0.4 is 0 Å². The van der Waals surface area contributed by atoms with Gasteiger partial charge in [-0.25, -0.2) is 0 Å². The van der Waals surface area contributed by atoms with Gasteiger partial charge in [0.2, 0.25) is 0 Å². The van der Waals surface area contributed by atoms with Gasteiger partial charge in [0.25, 0.3) is 0 Å². The smallest absolute Gasteiger partial charge is 0.0336 e. The molecule has 1 aliphatic rings. The highest BCUT2D eigenvalue weighted by molar-refractivity contribution is 6.29. The molecule has 0 spiro atoms. The molecule has 1 aromatic heterocycles. The summed E-state index contributed by atoms with van der Waals surface area (Å²) in [6.45, 7) is 11.0. The molecule has 1 fully saturated rings. The Bertz CT molecular complexity index is 385. The first-order valence-corrected chi connectivity index (χ1v) is 6.74. The van der Waals surface area contributed by atoms with Crippen molar-refractivity contribution in [2.24, 2.45) is 0 Å². The zero-order valence-corrected chi connectivity index (χ0v) is 11.6. The van der Waals surface area contributed by atoms with Crippen LogP contribution >= 0.6 is 11.6 Å². The highest BCUT2D eigenvalue weighted by Crippen LogP contribution is 2.20. The first-order chi connectivity index (χ1) is 8.66. The molecule has 2 heterocycles. The lowest BCUT2D eigenvalue weighted by molar-refractivity contribution is 0.109. The van der Waals surface area contributed by atoms with Crippen molar-refractivity contribution in [1.82, 2.24) is 14.8 Å². The van der Waals surface area contributed by atoms with E-state index in [0.717, 1.165) is 37.8 Å². The van der Waals surface area contributed by atoms with Crippen LogP contribution in [0.25, 0.3) is 0 Å². The molecule has 0 radical (unpaired) electrons. The number of pyridine rings is 1. The van der Waals surface area contributed by atoms with E-state index < -0.39 is 0 Å². The summed E-state index contributed by atoms with van der Waals surface area (Å²) in [5, 5.41) is 0.726. The molecule has 1 aromatic rings. The average molecular weight is 266 g/mol. The summed E-state index contributed by atoms with van der Waals surface area (Å²) in [5.41, 5.74) is 1.28. The number of nitrogens with zero attached hydrogens (tertiary/aromatic N) is 3. The van der Waals surface area contributed by atoms with Gasteiger partial charge in [-0.3, -0.25) is 14.8 Å². The predicted octanol–water partition coefficient (Wildman–Crippen LogP) is 2.51. The first-order valence-electron chi connectivity index (χ1n) is 6.36. The maximum Gasteiger partial charge on any atom is 0.0336 e. The van der Waals surface area contributed by atoms with Crippen molar-refractivity contribution in [3.63, 3.8) is 0 Å². The number of hydrogen-bond acceptors (Lipinski definition) is 3. The number of hydrogen-bond donors (Lipinski definition) is 0. The minimum atomic E-state index is 0.431. The van der Waals surface area contributed by atoms with Gasteiger partial charge in [-0.2, -0.15) is 0 Å². The Morgan fingerprint density at radius 3 is 2.72 bits per heavy atom. The fourth-order valence-electron chi connectivity index (χ4n) is 2.39. The second-order valence-corrected chi connectivity index (χ2v) is 5.33. The van der Waals surface area contributed by atoms with Gasteiger partial charge in [0.15, 0.2) is 0 Å². The highest BCUT2D eigenvalue weighted by atomic mass is 35.5. The quantitative estimate of drug-likeness (QED) is 0.834. The fourth-order valence-corrected chi connectivity index (χ4v) is 2.55. The minimum Gasteiger partial charge on any atom is -0.296 e. The van der Waals surface area contributed by atoms with Gasteiger partial charge in [-0.05, 0) is 18.6 Å². The zero-order valence-electron chi connectivity index (χ0n) is 10.8. The predicted molar refractivity (Wildman–Crippen MR) is 75.7 cm³/mol. The van der Waals surface area contributed by atoms with E-state index in [1.54, 1.807) is 0 Å². The van der Waals surface area contributed by atoms with Gasteiger partial charge < -0.3 is 0 Å². The molecular formula is C14H20ClN3. The summed E-state index contributed by atoms with van der Waals surface area (Å²) in [6.07, 6.45) is 3.78. The Hall–Kier alpha value is -0.900. The third-order valence-electron chi connectivity index (χ3n) is 3.52. The van der Waals surface area contributed by atoms with Crippen LogP contribution in [0.1, 0.15) is 18.5 Å². The van der Waals surface area contributed by atoms with Crippen molar-refractivity contribution in [3.05, 3.63) is 41.7 Å². The van der Waals surface area contributed by atoms with Crippen LogP contribution in [0.3, 0.4) is 0 Å². The monoisotopic (exact) mass is 265 g/mol. The Morgan fingerprint density at radius 2 is 2.17 bits per heavy atom. The molecule has 0 saturated carbocycles. The number of halogens is 1. The molecule has 1 saturated heterocycles. The maximum absolute atomic E-state index is 5.85. The largest absolute Gasteiger partial charge is 0.296 e. The topological polar surface area (TPSA) is 19.4 Å². The Labute approximate surface area is 114 Å². The molecule has 0 aromatic carbocycles. The van der Waals surface area contributed by atoms with E-state index in [9.17, 15) is 0 Å². The molecule has 4 heteroatoms. The van der Waals surface area contributed by atoms with Gasteiger partial charge in [-0.1, -0.05) is 24.2 Å². The molecule has 0 bridgehead atoms. The van der Waals surface area contributed by atoms with E-state index in [1.807, 2.05) is 18.5 Å². The summed E-state index contributed by atoms with van der Waals surface area (Å²) in [6, 6.07) is 4.57. The summed E-state index contributed by atoms with van der Waals surface area (Å²) >= 11 is 5.85. The van der Waals surface area contributed by atoms with Crippen LogP contribution in [-0.4, -0.2) is 47.5 Å². The molecule has 98 valence electrons. The summed E-state index contributed by atoms with van der Waals surface area (Å²) < 4.78 is 0. The van der Waals surface area contributed by atoms with Gasteiger partial charge in [-0.15, -0.1) is 0 Å². The molecule has 0 aliphatic carbocycles. The molecule has 1 aliphatic heterocycles. The number of aromatic nitrogens is 1. The van der Waals surface area contributed by atoms with Crippen molar-refractivity contribution in [2.75, 3.05) is 32.7 Å². The molecule has 18 heavy (non-hydrogen) atoms. The summed E-state index contributed by atoms with van der Waals surface area (Å²) in [4.78, 5) is 9.03. The first kappa shape index (κ1) is 13.5. The van der Waals surface area contributed by atoms with Crippen LogP contribution in [0, 0.1) is 0 Å². The number of rotatable bonds is 4. The molecule has 2 rings (SSSR count). The molecule has 0 unspecified atom stereocenters. The average Bonchev–Trinajstić information content (AvgIpc) is 2.39. The Balaban J connectivity index is 1.88. The molecular weight excluding hydrogens is 246 g/mol. The third-order valence-corrected chi connectivity index (χ3v) is 3.64. The van der Waals surface area contributed by atoms with Crippen LogP contribution in [-0.2, 0) is 0 Å². The summed E-state index contributed by atoms with van der Waals surface area (Å²) in [5.74, 6) is 0. The Morgan fingerprint density at radius 1 is 1.44 bits per heavy atom. The van der Waals surface area contributed by atoms with E-state index in [1.165, 1.54) is 5.56 Å². The lowest BCUT2D eigenvalue weighted by Crippen LogP contribution is -2.47. The van der Waals surface area contributed by atoms with Gasteiger partial charge in [0.05, 0.1) is 0 Å². The van der Waals surface area contributed by atoms with Gasteiger partial charge >= 0.3 is 0 Å². The van der Waals surface area contributed by atoms with Crippen molar-refractivity contribution >= 4 is 11.6 Å². The second kappa shape index (κ2) is 6.32. The SMILES string of the molecule is C=C(Cl)CN1CCN([C@@H](C)c2cccnc2)CC1. The standard InChI is InChI=1S/C14H20ClN3/c1-12(15)11-17-6-8-18(9-7-17)13(2)14-4-3-5-16-10-14/h3-5,10,13H,1,6-9,11H2,2H3/t13-/m0/s1. The highest BCUT2D eigenvalue weighted by Gasteiger charge is 2.21. The van der Waals surface area contributed by atoms with E-state index in [2.05, 4.69) is 34.4 Å². The van der Waals surface area contributed by atoms with Crippen molar-refractivity contribution in [2.45, 2.75) is 13.0 Å². The molecule has 0 amide bonds. The van der Waals surface area contributed by atoms with Crippen molar-refractivity contribution in [3.8, 4) is 0 Å². The maximum atomic E-state index is 5.85. The molecule has 0 N–H and O–H groups in total. The third kappa shape index (κ3) is 3.55. The Kier molecular flexibility index (Phi) is 4.75. The minimum absolute atomic E-state index is 0.431. The normalized spacial score (nSPS) is 19.7.